The lowest BCUT2D eigenvalue weighted by Gasteiger charge is -2.26. The van der Waals surface area contributed by atoms with Crippen molar-refractivity contribution < 1.29 is 4.74 Å². The lowest BCUT2D eigenvalue weighted by Crippen LogP contribution is -2.36. The lowest BCUT2D eigenvalue weighted by atomic mass is 10.0. The van der Waals surface area contributed by atoms with Crippen molar-refractivity contribution in [1.29, 1.82) is 0 Å². The molecule has 1 aliphatic heterocycles. The Morgan fingerprint density at radius 3 is 1.19 bits per heavy atom. The van der Waals surface area contributed by atoms with Crippen LogP contribution < -0.4 is 0 Å². The summed E-state index contributed by atoms with van der Waals surface area (Å²) in [7, 11) is 0. The van der Waals surface area contributed by atoms with Gasteiger partial charge in [0.05, 0.1) is 13.2 Å². The molecule has 162 valence electrons. The molecule has 0 atom stereocenters. The van der Waals surface area contributed by atoms with Crippen molar-refractivity contribution in [2.75, 3.05) is 32.8 Å². The van der Waals surface area contributed by atoms with Crippen LogP contribution in [0.4, 0.5) is 0 Å². The van der Waals surface area contributed by atoms with Gasteiger partial charge in [-0.3, -0.25) is 4.90 Å². The maximum atomic E-state index is 5.40. The number of nitrogens with zero attached hydrogens (tertiary/aromatic N) is 1. The zero-order valence-corrected chi connectivity index (χ0v) is 18.8. The van der Waals surface area contributed by atoms with E-state index in [-0.39, 0.29) is 0 Å². The van der Waals surface area contributed by atoms with Crippen molar-refractivity contribution in [3.63, 3.8) is 0 Å². The van der Waals surface area contributed by atoms with Gasteiger partial charge in [-0.1, -0.05) is 122 Å². The van der Waals surface area contributed by atoms with Gasteiger partial charge in [-0.15, -0.1) is 0 Å². The van der Waals surface area contributed by atoms with E-state index in [1.165, 1.54) is 129 Å². The number of unbranched alkanes of at least 4 members (excludes halogenated alkanes) is 18. The van der Waals surface area contributed by atoms with Crippen LogP contribution in [0.1, 0.15) is 129 Å². The van der Waals surface area contributed by atoms with Crippen molar-refractivity contribution in [2.24, 2.45) is 0 Å². The Kier molecular flexibility index (Phi) is 19.1. The fraction of sp³-hybridized carbons (Fsp3) is 1.00. The molecule has 0 N–H and O–H groups in total. The van der Waals surface area contributed by atoms with Crippen molar-refractivity contribution in [3.8, 4) is 0 Å². The maximum absolute atomic E-state index is 5.40. The molecule has 2 nitrogen and oxygen atoms in total. The first-order valence-electron chi connectivity index (χ1n) is 12.7. The van der Waals surface area contributed by atoms with Crippen LogP contribution in [0.25, 0.3) is 0 Å². The van der Waals surface area contributed by atoms with Gasteiger partial charge in [0.1, 0.15) is 0 Å². The summed E-state index contributed by atoms with van der Waals surface area (Å²) in [5.41, 5.74) is 0. The van der Waals surface area contributed by atoms with E-state index < -0.39 is 0 Å². The lowest BCUT2D eigenvalue weighted by molar-refractivity contribution is 0.0371. The summed E-state index contributed by atoms with van der Waals surface area (Å²) in [5, 5.41) is 0. The van der Waals surface area contributed by atoms with Gasteiger partial charge >= 0.3 is 0 Å². The first-order valence-corrected chi connectivity index (χ1v) is 12.7. The van der Waals surface area contributed by atoms with Gasteiger partial charge in [0.2, 0.25) is 0 Å². The summed E-state index contributed by atoms with van der Waals surface area (Å²) >= 11 is 0. The molecule has 0 bridgehead atoms. The minimum absolute atomic E-state index is 0.944. The first-order chi connectivity index (χ1) is 13.4. The smallest absolute Gasteiger partial charge is 0.0594 e. The van der Waals surface area contributed by atoms with Gasteiger partial charge < -0.3 is 4.74 Å². The number of hydrogen-bond acceptors (Lipinski definition) is 2. The largest absolute Gasteiger partial charge is 0.379 e. The van der Waals surface area contributed by atoms with Crippen molar-refractivity contribution >= 4 is 0 Å². The minimum Gasteiger partial charge on any atom is -0.379 e. The number of ether oxygens (including phenoxy) is 1. The fourth-order valence-electron chi connectivity index (χ4n) is 4.24. The molecule has 27 heavy (non-hydrogen) atoms. The van der Waals surface area contributed by atoms with Crippen LogP contribution in [-0.2, 0) is 4.74 Å². The van der Waals surface area contributed by atoms with Crippen LogP contribution in [0.3, 0.4) is 0 Å². The van der Waals surface area contributed by atoms with E-state index in [9.17, 15) is 0 Å². The Labute approximate surface area is 171 Å². The molecule has 0 aliphatic carbocycles. The van der Waals surface area contributed by atoms with Gasteiger partial charge in [0, 0.05) is 13.1 Å². The predicted octanol–water partition coefficient (Wildman–Crippen LogP) is 7.75. The SMILES string of the molecule is CCCCCCCCCCCCCCCCCCCCCN1CCOCC1. The van der Waals surface area contributed by atoms with Crippen LogP contribution in [0.2, 0.25) is 0 Å². The third-order valence-corrected chi connectivity index (χ3v) is 6.18. The molecule has 1 aliphatic rings. The van der Waals surface area contributed by atoms with Gasteiger partial charge in [0.25, 0.3) is 0 Å². The molecule has 0 aromatic rings. The Morgan fingerprint density at radius 2 is 0.815 bits per heavy atom. The molecule has 0 spiro atoms. The maximum Gasteiger partial charge on any atom is 0.0594 e. The van der Waals surface area contributed by atoms with Gasteiger partial charge in [-0.05, 0) is 13.0 Å². The molecule has 1 rings (SSSR count). The summed E-state index contributed by atoms with van der Waals surface area (Å²) in [6, 6.07) is 0. The quantitative estimate of drug-likeness (QED) is 0.200. The molecular weight excluding hydrogens is 330 g/mol. The second-order valence-electron chi connectivity index (χ2n) is 8.82. The summed E-state index contributed by atoms with van der Waals surface area (Å²) in [4.78, 5) is 2.57. The highest BCUT2D eigenvalue weighted by Gasteiger charge is 2.08. The molecule has 0 aromatic heterocycles. The van der Waals surface area contributed by atoms with Gasteiger partial charge in [-0.25, -0.2) is 0 Å². The number of hydrogen-bond donors (Lipinski definition) is 0. The number of morpholine rings is 1. The van der Waals surface area contributed by atoms with Crippen LogP contribution >= 0.6 is 0 Å². The van der Waals surface area contributed by atoms with Crippen molar-refractivity contribution in [2.45, 2.75) is 129 Å². The molecular formula is C25H51NO. The van der Waals surface area contributed by atoms with E-state index in [2.05, 4.69) is 11.8 Å². The van der Waals surface area contributed by atoms with Gasteiger partial charge in [0.15, 0.2) is 0 Å². The highest BCUT2D eigenvalue weighted by Crippen LogP contribution is 2.14. The third kappa shape index (κ3) is 17.7. The van der Waals surface area contributed by atoms with Crippen LogP contribution in [0, 0.1) is 0 Å². The monoisotopic (exact) mass is 381 g/mol. The molecule has 0 saturated carbocycles. The Bertz CT molecular complexity index is 275. The Balaban J connectivity index is 1.64. The molecule has 0 unspecified atom stereocenters. The van der Waals surface area contributed by atoms with E-state index in [1.807, 2.05) is 0 Å². The van der Waals surface area contributed by atoms with E-state index in [0.29, 0.717) is 0 Å². The van der Waals surface area contributed by atoms with Crippen LogP contribution in [0.15, 0.2) is 0 Å². The predicted molar refractivity (Wildman–Crippen MR) is 121 cm³/mol. The highest BCUT2D eigenvalue weighted by atomic mass is 16.5. The highest BCUT2D eigenvalue weighted by molar-refractivity contribution is 4.61. The second kappa shape index (κ2) is 20.6. The Morgan fingerprint density at radius 1 is 0.481 bits per heavy atom. The molecule has 2 heteroatoms. The minimum atomic E-state index is 0.944. The van der Waals surface area contributed by atoms with Gasteiger partial charge in [-0.2, -0.15) is 0 Å². The molecule has 1 heterocycles. The zero-order valence-electron chi connectivity index (χ0n) is 18.8. The summed E-state index contributed by atoms with van der Waals surface area (Å²) in [6.07, 6.45) is 27.7. The fourth-order valence-corrected chi connectivity index (χ4v) is 4.24. The van der Waals surface area contributed by atoms with Crippen LogP contribution in [-0.4, -0.2) is 37.7 Å². The summed E-state index contributed by atoms with van der Waals surface area (Å²) < 4.78 is 5.40. The van der Waals surface area contributed by atoms with E-state index in [4.69, 9.17) is 4.74 Å². The summed E-state index contributed by atoms with van der Waals surface area (Å²) in [6.45, 7) is 7.79. The van der Waals surface area contributed by atoms with Crippen molar-refractivity contribution in [1.82, 2.24) is 4.90 Å². The second-order valence-corrected chi connectivity index (χ2v) is 8.82. The topological polar surface area (TPSA) is 12.5 Å². The van der Waals surface area contributed by atoms with E-state index >= 15 is 0 Å². The van der Waals surface area contributed by atoms with E-state index in [1.54, 1.807) is 0 Å². The molecule has 1 fully saturated rings. The zero-order chi connectivity index (χ0) is 19.3. The molecule has 0 radical (unpaired) electrons. The summed E-state index contributed by atoms with van der Waals surface area (Å²) in [5.74, 6) is 0. The molecule has 0 amide bonds. The van der Waals surface area contributed by atoms with Crippen molar-refractivity contribution in [3.05, 3.63) is 0 Å². The normalized spacial score (nSPS) is 15.4. The number of rotatable bonds is 20. The average molecular weight is 382 g/mol. The Hall–Kier alpha value is -0.0800. The average Bonchev–Trinajstić information content (AvgIpc) is 2.70. The third-order valence-electron chi connectivity index (χ3n) is 6.18. The molecule has 1 saturated heterocycles. The molecule has 0 aromatic carbocycles. The van der Waals surface area contributed by atoms with Crippen LogP contribution in [0.5, 0.6) is 0 Å². The van der Waals surface area contributed by atoms with E-state index in [0.717, 1.165) is 26.3 Å². The standard InChI is InChI=1S/C25H51NO/c1-2-3-4-5-6-7-8-9-10-11-12-13-14-15-16-17-18-19-20-21-26-22-24-27-25-23-26/h2-25H2,1H3. The first kappa shape index (κ1) is 25.0.